The van der Waals surface area contributed by atoms with Crippen molar-refractivity contribution in [2.75, 3.05) is 24.6 Å². The molecule has 11 heteroatoms. The van der Waals surface area contributed by atoms with Crippen LogP contribution in [0.2, 0.25) is 0 Å². The summed E-state index contributed by atoms with van der Waals surface area (Å²) in [7, 11) is -3.69. The Labute approximate surface area is 269 Å². The zero-order valence-electron chi connectivity index (χ0n) is 26.3. The van der Waals surface area contributed by atoms with Gasteiger partial charge in [-0.05, 0) is 136 Å². The summed E-state index contributed by atoms with van der Waals surface area (Å²) in [6.45, 7) is 1.87. The topological polar surface area (TPSA) is 77.8 Å². The number of aromatic hydroxyl groups is 2. The molecule has 1 fully saturated rings. The highest BCUT2D eigenvalue weighted by molar-refractivity contribution is 7.91. The predicted molar refractivity (Wildman–Crippen MR) is 172 cm³/mol. The van der Waals surface area contributed by atoms with Crippen LogP contribution in [0.3, 0.4) is 0 Å². The minimum absolute atomic E-state index is 0.196. The summed E-state index contributed by atoms with van der Waals surface area (Å²) in [5.41, 5.74) is 5.89. The number of allylic oxidation sites excluding steroid dienone is 2. The number of nitrogens with zero attached hydrogens (tertiary/aromatic N) is 1. The first-order valence-corrected chi connectivity index (χ1v) is 18.3. The van der Waals surface area contributed by atoms with Gasteiger partial charge in [0.2, 0.25) is 0 Å². The lowest BCUT2D eigenvalue weighted by Gasteiger charge is -2.24. The van der Waals surface area contributed by atoms with Gasteiger partial charge in [-0.15, -0.1) is 0 Å². The quantitative estimate of drug-likeness (QED) is 0.138. The largest absolute Gasteiger partial charge is 0.508 e. The van der Waals surface area contributed by atoms with Crippen LogP contribution in [0, 0.1) is 0 Å². The number of unbranched alkanes of at least 4 members (excludes halogenated alkanes) is 3. The normalized spacial score (nSPS) is 18.2. The highest BCUT2D eigenvalue weighted by Gasteiger charge is 2.56. The van der Waals surface area contributed by atoms with Crippen LogP contribution in [0.1, 0.15) is 100 Å². The Bertz CT molecular complexity index is 1440. The van der Waals surface area contributed by atoms with E-state index in [0.29, 0.717) is 12.8 Å². The molecule has 0 bridgehead atoms. The third kappa shape index (κ3) is 10.2. The molecule has 1 aliphatic carbocycles. The monoisotopic (exact) mass is 671 g/mol. The van der Waals surface area contributed by atoms with E-state index in [0.717, 1.165) is 88.4 Å². The maximum Gasteiger partial charge on any atom is 0.453 e. The van der Waals surface area contributed by atoms with Crippen molar-refractivity contribution in [1.29, 1.82) is 0 Å². The Kier molecular flexibility index (Phi) is 12.6. The van der Waals surface area contributed by atoms with E-state index < -0.39 is 40.5 Å². The lowest BCUT2D eigenvalue weighted by atomic mass is 9.89. The Balaban J connectivity index is 1.22. The fraction of sp³-hybridized carbons (Fsp3) is 0.600. The zero-order valence-corrected chi connectivity index (χ0v) is 27.1. The summed E-state index contributed by atoms with van der Waals surface area (Å²) >= 11 is 0. The van der Waals surface area contributed by atoms with Crippen LogP contribution < -0.4 is 0 Å². The molecular weight excluding hydrogens is 625 g/mol. The zero-order chi connectivity index (χ0) is 33.4. The van der Waals surface area contributed by atoms with Crippen LogP contribution in [-0.2, 0) is 16.3 Å². The fourth-order valence-corrected chi connectivity index (χ4v) is 8.33. The van der Waals surface area contributed by atoms with Gasteiger partial charge in [-0.2, -0.15) is 22.0 Å². The average Bonchev–Trinajstić information content (AvgIpc) is 3.33. The fourth-order valence-electron chi connectivity index (χ4n) is 6.93. The van der Waals surface area contributed by atoms with Gasteiger partial charge < -0.3 is 15.1 Å². The minimum Gasteiger partial charge on any atom is -0.508 e. The van der Waals surface area contributed by atoms with E-state index >= 15 is 0 Å². The molecule has 0 amide bonds. The van der Waals surface area contributed by atoms with Crippen molar-refractivity contribution in [3.63, 3.8) is 0 Å². The molecule has 0 unspecified atom stereocenters. The van der Waals surface area contributed by atoms with Crippen LogP contribution in [0.4, 0.5) is 22.0 Å². The SMILES string of the molecule is O=S(=O)(CCC[C@@H]1CCCN1CCCCCCC1=C(c2cccc(O)c2)CCCc2cc(O)ccc21)CCCC(F)(F)C(F)(F)F. The second-order valence-corrected chi connectivity index (χ2v) is 15.1. The summed E-state index contributed by atoms with van der Waals surface area (Å²) in [5.74, 6) is -5.21. The van der Waals surface area contributed by atoms with E-state index in [4.69, 9.17) is 0 Å². The lowest BCUT2D eigenvalue weighted by molar-refractivity contribution is -0.284. The van der Waals surface area contributed by atoms with Crippen molar-refractivity contribution in [1.82, 2.24) is 4.90 Å². The maximum absolute atomic E-state index is 13.1. The molecule has 4 rings (SSSR count). The number of likely N-dealkylation sites (tertiary alicyclic amines) is 1. The molecule has 0 spiro atoms. The van der Waals surface area contributed by atoms with Crippen LogP contribution in [0.5, 0.6) is 11.5 Å². The van der Waals surface area contributed by atoms with Gasteiger partial charge in [-0.25, -0.2) is 8.42 Å². The third-order valence-corrected chi connectivity index (χ3v) is 11.1. The molecule has 1 heterocycles. The van der Waals surface area contributed by atoms with Crippen LogP contribution in [-0.4, -0.2) is 66.3 Å². The summed E-state index contributed by atoms with van der Waals surface area (Å²) in [5, 5.41) is 20.2. The van der Waals surface area contributed by atoms with Gasteiger partial charge in [0.1, 0.15) is 21.3 Å². The van der Waals surface area contributed by atoms with Crippen molar-refractivity contribution in [3.05, 3.63) is 59.2 Å². The molecule has 0 saturated carbocycles. The van der Waals surface area contributed by atoms with Gasteiger partial charge in [0.25, 0.3) is 0 Å². The molecular formula is C35H46F5NO4S. The Morgan fingerprint density at radius 1 is 0.826 bits per heavy atom. The molecule has 0 aromatic heterocycles. The van der Waals surface area contributed by atoms with Gasteiger partial charge in [0, 0.05) is 12.5 Å². The molecule has 5 nitrogen and oxygen atoms in total. The molecule has 46 heavy (non-hydrogen) atoms. The first-order chi connectivity index (χ1) is 21.8. The Morgan fingerprint density at radius 2 is 1.57 bits per heavy atom. The average molecular weight is 672 g/mol. The van der Waals surface area contributed by atoms with Gasteiger partial charge in [-0.1, -0.05) is 31.0 Å². The Hall–Kier alpha value is -2.66. The van der Waals surface area contributed by atoms with E-state index in [1.165, 1.54) is 16.7 Å². The molecule has 2 aromatic carbocycles. The summed E-state index contributed by atoms with van der Waals surface area (Å²) in [6.07, 6.45) is 2.94. The highest BCUT2D eigenvalue weighted by atomic mass is 32.2. The second-order valence-electron chi connectivity index (χ2n) is 12.8. The van der Waals surface area contributed by atoms with E-state index in [2.05, 4.69) is 4.90 Å². The van der Waals surface area contributed by atoms with Crippen molar-refractivity contribution in [2.24, 2.45) is 0 Å². The maximum atomic E-state index is 13.1. The third-order valence-electron chi connectivity index (χ3n) is 9.32. The van der Waals surface area contributed by atoms with Crippen molar-refractivity contribution in [3.8, 4) is 11.5 Å². The predicted octanol–water partition coefficient (Wildman–Crippen LogP) is 8.93. The van der Waals surface area contributed by atoms with E-state index in [-0.39, 0.29) is 23.3 Å². The summed E-state index contributed by atoms with van der Waals surface area (Å²) in [4.78, 5) is 2.40. The molecule has 1 atom stereocenters. The van der Waals surface area contributed by atoms with Crippen molar-refractivity contribution in [2.45, 2.75) is 108 Å². The number of benzene rings is 2. The van der Waals surface area contributed by atoms with E-state index in [1.807, 2.05) is 30.3 Å². The van der Waals surface area contributed by atoms with Gasteiger partial charge in [-0.3, -0.25) is 0 Å². The number of hydrogen-bond acceptors (Lipinski definition) is 5. The number of halogens is 5. The first kappa shape index (κ1) is 36.2. The number of hydrogen-bond donors (Lipinski definition) is 2. The smallest absolute Gasteiger partial charge is 0.453 e. The van der Waals surface area contributed by atoms with Crippen molar-refractivity contribution < 1.29 is 40.6 Å². The minimum atomic E-state index is -5.66. The number of alkyl halides is 5. The molecule has 1 saturated heterocycles. The number of rotatable bonds is 16. The molecule has 1 aliphatic heterocycles. The van der Waals surface area contributed by atoms with Crippen LogP contribution >= 0.6 is 0 Å². The molecule has 256 valence electrons. The molecule has 0 radical (unpaired) electrons. The summed E-state index contributed by atoms with van der Waals surface area (Å²) < 4.78 is 87.7. The van der Waals surface area contributed by atoms with E-state index in [9.17, 15) is 40.6 Å². The molecule has 2 N–H and O–H groups in total. The number of fused-ring (bicyclic) bond motifs is 1. The van der Waals surface area contributed by atoms with E-state index in [1.54, 1.807) is 12.1 Å². The molecule has 2 aliphatic rings. The number of phenols is 2. The van der Waals surface area contributed by atoms with Gasteiger partial charge >= 0.3 is 12.1 Å². The standard InChI is InChI=1S/C35H46F5NO4S/c36-34(37,35(38,39)40)19-9-23-46(44,45)22-8-13-28-12-7-21-41(28)20-4-2-1-3-15-33-31(26-10-5-14-29(42)24-26)16-6-11-27-25-30(43)17-18-32(27)33/h5,10,14,17-18,24-25,28,42-43H,1-4,6-9,11-13,15-16,19-23H2/t28-/m0/s1. The van der Waals surface area contributed by atoms with Gasteiger partial charge in [0.05, 0.1) is 11.5 Å². The van der Waals surface area contributed by atoms with Crippen LogP contribution in [0.15, 0.2) is 42.5 Å². The first-order valence-electron chi connectivity index (χ1n) is 16.5. The number of aryl methyl sites for hydroxylation is 1. The van der Waals surface area contributed by atoms with Crippen LogP contribution in [0.25, 0.3) is 11.1 Å². The van der Waals surface area contributed by atoms with Gasteiger partial charge in [0.15, 0.2) is 0 Å². The second kappa shape index (κ2) is 16.0. The number of sulfone groups is 1. The highest BCUT2D eigenvalue weighted by Crippen LogP contribution is 2.41. The molecule has 2 aromatic rings. The number of phenolic OH excluding ortho intramolecular Hbond substituents is 2. The lowest BCUT2D eigenvalue weighted by Crippen LogP contribution is -2.36. The Morgan fingerprint density at radius 3 is 2.33 bits per heavy atom. The van der Waals surface area contributed by atoms with Crippen molar-refractivity contribution >= 4 is 21.0 Å². The summed E-state index contributed by atoms with van der Waals surface area (Å²) in [6, 6.07) is 13.3.